The molecule has 1 N–H and O–H groups in total. The highest BCUT2D eigenvalue weighted by atomic mass is 15.2. The van der Waals surface area contributed by atoms with E-state index in [4.69, 9.17) is 0 Å². The first-order chi connectivity index (χ1) is 6.24. The highest BCUT2D eigenvalue weighted by molar-refractivity contribution is 4.78. The van der Waals surface area contributed by atoms with Crippen LogP contribution in [0.4, 0.5) is 0 Å². The molecular formula is C10H23N3. The highest BCUT2D eigenvalue weighted by Crippen LogP contribution is 2.04. The fourth-order valence-electron chi connectivity index (χ4n) is 2.01. The Morgan fingerprint density at radius 2 is 2.23 bits per heavy atom. The van der Waals surface area contributed by atoms with Crippen LogP contribution in [0.2, 0.25) is 0 Å². The van der Waals surface area contributed by atoms with Crippen molar-refractivity contribution in [2.45, 2.75) is 19.4 Å². The molecule has 0 aromatic heterocycles. The Morgan fingerprint density at radius 1 is 1.46 bits per heavy atom. The van der Waals surface area contributed by atoms with Gasteiger partial charge in [-0.2, -0.15) is 0 Å². The van der Waals surface area contributed by atoms with Gasteiger partial charge in [0.15, 0.2) is 0 Å². The molecule has 1 saturated heterocycles. The summed E-state index contributed by atoms with van der Waals surface area (Å²) in [7, 11) is 4.30. The summed E-state index contributed by atoms with van der Waals surface area (Å²) < 4.78 is 0. The van der Waals surface area contributed by atoms with Crippen molar-refractivity contribution in [2.24, 2.45) is 0 Å². The second-order valence-corrected chi connectivity index (χ2v) is 4.10. The topological polar surface area (TPSA) is 18.5 Å². The zero-order valence-electron chi connectivity index (χ0n) is 9.21. The van der Waals surface area contributed by atoms with Gasteiger partial charge in [-0.3, -0.25) is 4.90 Å². The van der Waals surface area contributed by atoms with E-state index < -0.39 is 0 Å². The lowest BCUT2D eigenvalue weighted by Gasteiger charge is -2.30. The third-order valence-corrected chi connectivity index (χ3v) is 2.68. The average Bonchev–Trinajstić information content (AvgIpc) is 2.28. The van der Waals surface area contributed by atoms with Crippen LogP contribution in [0.3, 0.4) is 0 Å². The van der Waals surface area contributed by atoms with Gasteiger partial charge in [0.25, 0.3) is 0 Å². The summed E-state index contributed by atoms with van der Waals surface area (Å²) in [5, 5.41) is 3.50. The molecule has 0 aromatic carbocycles. The minimum atomic E-state index is 0.697. The Balaban J connectivity index is 2.44. The summed E-state index contributed by atoms with van der Waals surface area (Å²) in [5.74, 6) is 0. The van der Waals surface area contributed by atoms with Crippen LogP contribution in [0.5, 0.6) is 0 Å². The van der Waals surface area contributed by atoms with Gasteiger partial charge in [0.1, 0.15) is 0 Å². The van der Waals surface area contributed by atoms with Crippen molar-refractivity contribution in [1.29, 1.82) is 0 Å². The van der Waals surface area contributed by atoms with Crippen LogP contribution in [-0.2, 0) is 0 Å². The Kier molecular flexibility index (Phi) is 4.70. The summed E-state index contributed by atoms with van der Waals surface area (Å²) in [5.41, 5.74) is 0. The fraction of sp³-hybridized carbons (Fsp3) is 1.00. The zero-order chi connectivity index (χ0) is 9.68. The van der Waals surface area contributed by atoms with E-state index >= 15 is 0 Å². The third-order valence-electron chi connectivity index (χ3n) is 2.68. The predicted molar refractivity (Wildman–Crippen MR) is 57.1 cm³/mol. The highest BCUT2D eigenvalue weighted by Gasteiger charge is 2.19. The van der Waals surface area contributed by atoms with Crippen LogP contribution < -0.4 is 5.32 Å². The molecule has 0 aromatic rings. The van der Waals surface area contributed by atoms with Crippen molar-refractivity contribution in [1.82, 2.24) is 15.1 Å². The van der Waals surface area contributed by atoms with E-state index in [2.05, 4.69) is 36.1 Å². The molecule has 1 fully saturated rings. The van der Waals surface area contributed by atoms with Gasteiger partial charge in [0.2, 0.25) is 0 Å². The molecule has 1 rings (SSSR count). The van der Waals surface area contributed by atoms with Gasteiger partial charge >= 0.3 is 0 Å². The fourth-order valence-corrected chi connectivity index (χ4v) is 2.01. The first-order valence-corrected chi connectivity index (χ1v) is 5.33. The normalized spacial score (nSPS) is 26.3. The second kappa shape index (κ2) is 5.58. The molecule has 0 amide bonds. The van der Waals surface area contributed by atoms with Crippen molar-refractivity contribution in [3.05, 3.63) is 0 Å². The van der Waals surface area contributed by atoms with Crippen molar-refractivity contribution in [3.63, 3.8) is 0 Å². The van der Waals surface area contributed by atoms with Gasteiger partial charge in [-0.25, -0.2) is 0 Å². The number of hydrogen-bond acceptors (Lipinski definition) is 3. The van der Waals surface area contributed by atoms with Crippen LogP contribution in [0.1, 0.15) is 13.3 Å². The molecule has 0 radical (unpaired) electrons. The lowest BCUT2D eigenvalue weighted by Crippen LogP contribution is -2.45. The third kappa shape index (κ3) is 3.63. The molecule has 0 spiro atoms. The van der Waals surface area contributed by atoms with E-state index in [1.165, 1.54) is 32.6 Å². The summed E-state index contributed by atoms with van der Waals surface area (Å²) in [6.45, 7) is 8.18. The zero-order valence-corrected chi connectivity index (χ0v) is 9.21. The van der Waals surface area contributed by atoms with Crippen molar-refractivity contribution >= 4 is 0 Å². The lowest BCUT2D eigenvalue weighted by molar-refractivity contribution is 0.180. The molecule has 1 heterocycles. The van der Waals surface area contributed by atoms with Gasteiger partial charge in [-0.05, 0) is 40.2 Å². The molecule has 1 atom stereocenters. The Hall–Kier alpha value is -0.120. The summed E-state index contributed by atoms with van der Waals surface area (Å²) in [4.78, 5) is 4.86. The summed E-state index contributed by atoms with van der Waals surface area (Å²) in [6, 6.07) is 0.697. The van der Waals surface area contributed by atoms with E-state index in [-0.39, 0.29) is 0 Å². The Bertz CT molecular complexity index is 136. The van der Waals surface area contributed by atoms with E-state index in [0.717, 1.165) is 6.54 Å². The first-order valence-electron chi connectivity index (χ1n) is 5.33. The van der Waals surface area contributed by atoms with Crippen LogP contribution in [0, 0.1) is 0 Å². The van der Waals surface area contributed by atoms with E-state index in [0.29, 0.717) is 6.04 Å². The minimum absolute atomic E-state index is 0.697. The summed E-state index contributed by atoms with van der Waals surface area (Å²) in [6.07, 6.45) is 1.29. The largest absolute Gasteiger partial charge is 0.315 e. The van der Waals surface area contributed by atoms with Crippen molar-refractivity contribution in [3.8, 4) is 0 Å². The van der Waals surface area contributed by atoms with Crippen molar-refractivity contribution < 1.29 is 0 Å². The van der Waals surface area contributed by atoms with Gasteiger partial charge in [-0.15, -0.1) is 0 Å². The van der Waals surface area contributed by atoms with Gasteiger partial charge in [0, 0.05) is 19.1 Å². The average molecular weight is 185 g/mol. The maximum absolute atomic E-state index is 3.50. The van der Waals surface area contributed by atoms with E-state index in [1.807, 2.05) is 0 Å². The monoisotopic (exact) mass is 185 g/mol. The molecule has 3 nitrogen and oxygen atoms in total. The number of likely N-dealkylation sites (N-methyl/N-ethyl adjacent to an activating group) is 2. The standard InChI is InChI=1S/C10H23N3/c1-4-13-7-5-6-11-8-10(13)9-12(2)3/h10-11H,4-9H2,1-3H3. The quantitative estimate of drug-likeness (QED) is 0.679. The molecular weight excluding hydrogens is 162 g/mol. The Morgan fingerprint density at radius 3 is 2.85 bits per heavy atom. The maximum Gasteiger partial charge on any atom is 0.0347 e. The van der Waals surface area contributed by atoms with E-state index in [1.54, 1.807) is 0 Å². The molecule has 78 valence electrons. The van der Waals surface area contributed by atoms with Crippen LogP contribution in [-0.4, -0.2) is 62.7 Å². The van der Waals surface area contributed by atoms with Gasteiger partial charge in [0.05, 0.1) is 0 Å². The summed E-state index contributed by atoms with van der Waals surface area (Å²) >= 11 is 0. The van der Waals surface area contributed by atoms with Crippen molar-refractivity contribution in [2.75, 3.05) is 46.8 Å². The molecule has 0 saturated carbocycles. The molecule has 1 unspecified atom stereocenters. The van der Waals surface area contributed by atoms with Crippen LogP contribution in [0.25, 0.3) is 0 Å². The Labute approximate surface area is 82.1 Å². The van der Waals surface area contributed by atoms with Gasteiger partial charge in [-0.1, -0.05) is 6.92 Å². The number of nitrogens with one attached hydrogen (secondary N) is 1. The second-order valence-electron chi connectivity index (χ2n) is 4.10. The minimum Gasteiger partial charge on any atom is -0.315 e. The maximum atomic E-state index is 3.50. The number of nitrogens with zero attached hydrogens (tertiary/aromatic N) is 2. The smallest absolute Gasteiger partial charge is 0.0347 e. The molecule has 0 aliphatic carbocycles. The SMILES string of the molecule is CCN1CCCNCC1CN(C)C. The molecule has 0 bridgehead atoms. The van der Waals surface area contributed by atoms with Gasteiger partial charge < -0.3 is 10.2 Å². The molecule has 1 aliphatic heterocycles. The molecule has 3 heteroatoms. The molecule has 1 aliphatic rings. The van der Waals surface area contributed by atoms with E-state index in [9.17, 15) is 0 Å². The number of hydrogen-bond donors (Lipinski definition) is 1. The number of rotatable bonds is 3. The predicted octanol–water partition coefficient (Wildman–Crippen LogP) is 0.232. The van der Waals surface area contributed by atoms with Crippen LogP contribution in [0.15, 0.2) is 0 Å². The lowest BCUT2D eigenvalue weighted by atomic mass is 10.2. The first kappa shape index (κ1) is 11.0. The molecule has 13 heavy (non-hydrogen) atoms. The van der Waals surface area contributed by atoms with Crippen LogP contribution >= 0.6 is 0 Å².